The number of amides is 1. The summed E-state index contributed by atoms with van der Waals surface area (Å²) in [5.41, 5.74) is 4.78. The predicted octanol–water partition coefficient (Wildman–Crippen LogP) is 3.84. The molecule has 27 heavy (non-hydrogen) atoms. The van der Waals surface area contributed by atoms with Crippen molar-refractivity contribution in [3.63, 3.8) is 0 Å². The molecule has 1 aliphatic heterocycles. The third-order valence-electron chi connectivity index (χ3n) is 5.05. The van der Waals surface area contributed by atoms with E-state index >= 15 is 0 Å². The van der Waals surface area contributed by atoms with E-state index in [0.717, 1.165) is 59.7 Å². The molecule has 0 unspecified atom stereocenters. The zero-order valence-electron chi connectivity index (χ0n) is 15.8. The molecule has 6 nitrogen and oxygen atoms in total. The fourth-order valence-corrected chi connectivity index (χ4v) is 3.53. The highest BCUT2D eigenvalue weighted by Gasteiger charge is 2.20. The Morgan fingerprint density at radius 3 is 2.48 bits per heavy atom. The van der Waals surface area contributed by atoms with Gasteiger partial charge >= 0.3 is 0 Å². The number of fused-ring (bicyclic) bond motifs is 1. The minimum atomic E-state index is -0.283. The van der Waals surface area contributed by atoms with Crippen LogP contribution in [0.25, 0.3) is 11.0 Å². The van der Waals surface area contributed by atoms with Crippen molar-refractivity contribution in [3.8, 4) is 0 Å². The molecule has 0 saturated carbocycles. The van der Waals surface area contributed by atoms with E-state index in [-0.39, 0.29) is 5.91 Å². The largest absolute Gasteiger partial charge is 0.450 e. The molecular weight excluding hydrogens is 342 g/mol. The topological polar surface area (TPSA) is 67.6 Å². The lowest BCUT2D eigenvalue weighted by Crippen LogP contribution is -2.36. The first-order chi connectivity index (χ1) is 13.0. The summed E-state index contributed by atoms with van der Waals surface area (Å²) in [4.78, 5) is 19.3. The van der Waals surface area contributed by atoms with Crippen molar-refractivity contribution in [2.75, 3.05) is 36.5 Å². The van der Waals surface area contributed by atoms with Gasteiger partial charge in [0.25, 0.3) is 5.91 Å². The van der Waals surface area contributed by atoms with Gasteiger partial charge in [0.2, 0.25) is 0 Å². The first-order valence-electron chi connectivity index (χ1n) is 9.14. The zero-order chi connectivity index (χ0) is 19.0. The molecule has 1 saturated heterocycles. The van der Waals surface area contributed by atoms with Crippen LogP contribution in [0.1, 0.15) is 27.2 Å². The van der Waals surface area contributed by atoms with Gasteiger partial charge in [0.15, 0.2) is 5.76 Å². The quantitative estimate of drug-likeness (QED) is 0.764. The summed E-state index contributed by atoms with van der Waals surface area (Å²) < 4.78 is 11.3. The number of aromatic nitrogens is 1. The molecule has 0 atom stereocenters. The highest BCUT2D eigenvalue weighted by atomic mass is 16.5. The van der Waals surface area contributed by atoms with Crippen molar-refractivity contribution < 1.29 is 13.9 Å². The summed E-state index contributed by atoms with van der Waals surface area (Å²) in [6, 6.07) is 7.84. The molecule has 1 fully saturated rings. The molecule has 140 valence electrons. The molecule has 4 rings (SSSR count). The number of hydrogen-bond acceptors (Lipinski definition) is 5. The Balaban J connectivity index is 1.55. The van der Waals surface area contributed by atoms with Crippen molar-refractivity contribution in [2.45, 2.75) is 20.8 Å². The maximum absolute atomic E-state index is 12.7. The molecule has 1 aliphatic rings. The molecule has 6 heteroatoms. The number of morpholine rings is 1. The second-order valence-electron chi connectivity index (χ2n) is 6.91. The number of aryl methyl sites for hydroxylation is 3. The highest BCUT2D eigenvalue weighted by Crippen LogP contribution is 2.31. The van der Waals surface area contributed by atoms with Crippen molar-refractivity contribution in [3.05, 3.63) is 52.9 Å². The Morgan fingerprint density at radius 1 is 1.07 bits per heavy atom. The van der Waals surface area contributed by atoms with E-state index in [9.17, 15) is 4.79 Å². The lowest BCUT2D eigenvalue weighted by Gasteiger charge is -2.28. The lowest BCUT2D eigenvalue weighted by atomic mass is 10.0. The second kappa shape index (κ2) is 7.04. The van der Waals surface area contributed by atoms with Crippen LogP contribution in [0, 0.1) is 20.8 Å². The van der Waals surface area contributed by atoms with Crippen LogP contribution in [0.3, 0.4) is 0 Å². The van der Waals surface area contributed by atoms with Crippen LogP contribution in [-0.4, -0.2) is 37.2 Å². The number of benzene rings is 1. The molecule has 0 bridgehead atoms. The number of furan rings is 1. The van der Waals surface area contributed by atoms with Gasteiger partial charge in [-0.3, -0.25) is 4.79 Å². The minimum absolute atomic E-state index is 0.283. The normalized spacial score (nSPS) is 14.6. The van der Waals surface area contributed by atoms with Crippen molar-refractivity contribution in [1.82, 2.24) is 4.98 Å². The molecule has 3 heterocycles. The standard InChI is InChI=1S/C21H23N3O3/c1-13-4-5-14(2)19-18(13)15(3)20(27-19)21(25)23-17-7-6-16(12-22-17)24-8-10-26-11-9-24/h4-7,12H,8-11H2,1-3H3,(H,22,23,25). The number of carbonyl (C=O) groups is 1. The molecule has 0 aliphatic carbocycles. The molecule has 1 amide bonds. The number of ether oxygens (including phenoxy) is 1. The number of carbonyl (C=O) groups excluding carboxylic acids is 1. The Kier molecular flexibility index (Phi) is 4.58. The Labute approximate surface area is 158 Å². The SMILES string of the molecule is Cc1ccc(C)c2c(C)c(C(=O)Nc3ccc(N4CCOCC4)cn3)oc12. The van der Waals surface area contributed by atoms with Crippen molar-refractivity contribution in [2.24, 2.45) is 0 Å². The van der Waals surface area contributed by atoms with E-state index in [0.29, 0.717) is 11.6 Å². The van der Waals surface area contributed by atoms with E-state index < -0.39 is 0 Å². The average Bonchev–Trinajstić information content (AvgIpc) is 3.05. The van der Waals surface area contributed by atoms with Gasteiger partial charge in [-0.2, -0.15) is 0 Å². The summed E-state index contributed by atoms with van der Waals surface area (Å²) in [5.74, 6) is 0.556. The van der Waals surface area contributed by atoms with Crippen LogP contribution in [0.5, 0.6) is 0 Å². The predicted molar refractivity (Wildman–Crippen MR) is 106 cm³/mol. The zero-order valence-corrected chi connectivity index (χ0v) is 15.8. The van der Waals surface area contributed by atoms with Gasteiger partial charge in [-0.15, -0.1) is 0 Å². The Hall–Kier alpha value is -2.86. The summed E-state index contributed by atoms with van der Waals surface area (Å²) in [6.07, 6.45) is 1.78. The second-order valence-corrected chi connectivity index (χ2v) is 6.91. The number of pyridine rings is 1. The number of anilines is 2. The third-order valence-corrected chi connectivity index (χ3v) is 5.05. The number of rotatable bonds is 3. The Bertz CT molecular complexity index is 986. The van der Waals surface area contributed by atoms with Crippen LogP contribution in [-0.2, 0) is 4.74 Å². The molecule has 0 radical (unpaired) electrons. The minimum Gasteiger partial charge on any atom is -0.450 e. The summed E-state index contributed by atoms with van der Waals surface area (Å²) in [7, 11) is 0. The fraction of sp³-hybridized carbons (Fsp3) is 0.333. The smallest absolute Gasteiger partial charge is 0.292 e. The van der Waals surface area contributed by atoms with Gasteiger partial charge in [-0.1, -0.05) is 12.1 Å². The first-order valence-corrected chi connectivity index (χ1v) is 9.14. The monoisotopic (exact) mass is 365 g/mol. The first kappa shape index (κ1) is 17.5. The van der Waals surface area contributed by atoms with Crippen LogP contribution in [0.2, 0.25) is 0 Å². The summed E-state index contributed by atoms with van der Waals surface area (Å²) in [6.45, 7) is 9.08. The summed E-state index contributed by atoms with van der Waals surface area (Å²) >= 11 is 0. The van der Waals surface area contributed by atoms with E-state index in [4.69, 9.17) is 9.15 Å². The van der Waals surface area contributed by atoms with Crippen LogP contribution in [0.15, 0.2) is 34.9 Å². The van der Waals surface area contributed by atoms with E-state index in [2.05, 4.69) is 15.2 Å². The fourth-order valence-electron chi connectivity index (χ4n) is 3.53. The number of hydrogen-bond donors (Lipinski definition) is 1. The molecule has 1 aromatic carbocycles. The van der Waals surface area contributed by atoms with Gasteiger partial charge in [0, 0.05) is 24.0 Å². The molecule has 1 N–H and O–H groups in total. The maximum Gasteiger partial charge on any atom is 0.292 e. The van der Waals surface area contributed by atoms with Gasteiger partial charge < -0.3 is 19.4 Å². The lowest BCUT2D eigenvalue weighted by molar-refractivity contribution is 0.0997. The van der Waals surface area contributed by atoms with Crippen molar-refractivity contribution >= 4 is 28.4 Å². The number of nitrogens with zero attached hydrogens (tertiary/aromatic N) is 2. The van der Waals surface area contributed by atoms with Gasteiger partial charge in [0.05, 0.1) is 25.1 Å². The third kappa shape index (κ3) is 3.28. The molecule has 3 aromatic rings. The number of nitrogens with one attached hydrogen (secondary N) is 1. The molecular formula is C21H23N3O3. The highest BCUT2D eigenvalue weighted by molar-refractivity contribution is 6.06. The van der Waals surface area contributed by atoms with E-state index in [1.807, 2.05) is 45.0 Å². The molecule has 0 spiro atoms. The van der Waals surface area contributed by atoms with Crippen molar-refractivity contribution in [1.29, 1.82) is 0 Å². The Morgan fingerprint density at radius 2 is 1.81 bits per heavy atom. The summed E-state index contributed by atoms with van der Waals surface area (Å²) in [5, 5.41) is 3.85. The average molecular weight is 365 g/mol. The van der Waals surface area contributed by atoms with Gasteiger partial charge in [0.1, 0.15) is 11.4 Å². The molecule has 2 aromatic heterocycles. The van der Waals surface area contributed by atoms with Crippen LogP contribution >= 0.6 is 0 Å². The maximum atomic E-state index is 12.7. The van der Waals surface area contributed by atoms with Crippen LogP contribution in [0.4, 0.5) is 11.5 Å². The van der Waals surface area contributed by atoms with Gasteiger partial charge in [-0.25, -0.2) is 4.98 Å². The van der Waals surface area contributed by atoms with Gasteiger partial charge in [-0.05, 0) is 44.0 Å². The van der Waals surface area contributed by atoms with E-state index in [1.54, 1.807) is 6.20 Å². The van der Waals surface area contributed by atoms with Crippen LogP contribution < -0.4 is 10.2 Å². The van der Waals surface area contributed by atoms with E-state index in [1.165, 1.54) is 0 Å².